The Bertz CT molecular complexity index is 453. The van der Waals surface area contributed by atoms with Gasteiger partial charge in [-0.1, -0.05) is 6.07 Å². The highest BCUT2D eigenvalue weighted by molar-refractivity contribution is 7.09. The Balaban J connectivity index is 2.22. The molecule has 0 bridgehead atoms. The molecule has 2 heterocycles. The number of nitrogens with zero attached hydrogens (tertiary/aromatic N) is 2. The molecule has 0 fully saturated rings. The average Bonchev–Trinajstić information content (AvgIpc) is 2.89. The van der Waals surface area contributed by atoms with Crippen molar-refractivity contribution >= 4 is 17.0 Å². The quantitative estimate of drug-likeness (QED) is 0.883. The third-order valence-corrected chi connectivity index (χ3v) is 3.57. The fourth-order valence-electron chi connectivity index (χ4n) is 1.83. The van der Waals surface area contributed by atoms with Crippen LogP contribution >= 0.6 is 11.3 Å². The van der Waals surface area contributed by atoms with E-state index in [0.29, 0.717) is 6.54 Å². The second-order valence-electron chi connectivity index (χ2n) is 3.77. The van der Waals surface area contributed by atoms with E-state index in [4.69, 9.17) is 5.73 Å². The summed E-state index contributed by atoms with van der Waals surface area (Å²) in [5.74, 6) is 0. The van der Waals surface area contributed by atoms with Crippen LogP contribution in [0, 0.1) is 0 Å². The predicted molar refractivity (Wildman–Crippen MR) is 73.2 cm³/mol. The molecule has 0 atom stereocenters. The van der Waals surface area contributed by atoms with Gasteiger partial charge in [-0.15, -0.1) is 11.3 Å². The molecule has 2 rings (SSSR count). The lowest BCUT2D eigenvalue weighted by atomic mass is 10.2. The van der Waals surface area contributed by atoms with E-state index in [1.54, 1.807) is 17.5 Å². The fraction of sp³-hybridized carbons (Fsp3) is 0.308. The lowest BCUT2D eigenvalue weighted by Gasteiger charge is -2.24. The van der Waals surface area contributed by atoms with Crippen LogP contribution in [0.2, 0.25) is 0 Å². The second kappa shape index (κ2) is 5.80. The number of aromatic nitrogens is 1. The van der Waals surface area contributed by atoms with Crippen LogP contribution in [-0.4, -0.2) is 11.5 Å². The minimum atomic E-state index is 0.483. The molecule has 90 valence electrons. The first kappa shape index (κ1) is 12.1. The molecule has 0 aliphatic heterocycles. The lowest BCUT2D eigenvalue weighted by Crippen LogP contribution is -2.23. The molecule has 0 aliphatic carbocycles. The zero-order valence-electron chi connectivity index (χ0n) is 9.97. The number of hydrogen-bond donors (Lipinski definition) is 1. The number of hydrogen-bond acceptors (Lipinski definition) is 4. The zero-order valence-corrected chi connectivity index (χ0v) is 10.8. The van der Waals surface area contributed by atoms with E-state index in [-0.39, 0.29) is 0 Å². The van der Waals surface area contributed by atoms with Gasteiger partial charge in [0.05, 0.1) is 17.9 Å². The molecule has 0 spiro atoms. The maximum absolute atomic E-state index is 5.73. The molecule has 0 aliphatic rings. The minimum Gasteiger partial charge on any atom is -0.365 e. The smallest absolute Gasteiger partial charge is 0.0772 e. The molecule has 0 saturated carbocycles. The van der Waals surface area contributed by atoms with Gasteiger partial charge in [0.2, 0.25) is 0 Å². The standard InChI is InChI=1S/C13H17N3S/c1-2-16(10-11-5-4-8-17-11)13-6-3-7-15-12(13)9-14/h3-8H,2,9-10,14H2,1H3. The van der Waals surface area contributed by atoms with E-state index in [1.807, 2.05) is 6.07 Å². The van der Waals surface area contributed by atoms with Gasteiger partial charge in [-0.3, -0.25) is 4.98 Å². The molecule has 2 N–H and O–H groups in total. The van der Waals surface area contributed by atoms with Crippen molar-refractivity contribution in [1.29, 1.82) is 0 Å². The van der Waals surface area contributed by atoms with E-state index in [1.165, 1.54) is 4.88 Å². The van der Waals surface area contributed by atoms with E-state index < -0.39 is 0 Å². The van der Waals surface area contributed by atoms with Gasteiger partial charge >= 0.3 is 0 Å². The summed E-state index contributed by atoms with van der Waals surface area (Å²) in [7, 11) is 0. The van der Waals surface area contributed by atoms with Crippen molar-refractivity contribution in [2.45, 2.75) is 20.0 Å². The van der Waals surface area contributed by atoms with Crippen molar-refractivity contribution < 1.29 is 0 Å². The Morgan fingerprint density at radius 1 is 1.35 bits per heavy atom. The molecule has 2 aromatic heterocycles. The predicted octanol–water partition coefficient (Wildman–Crippen LogP) is 2.63. The molecule has 3 nitrogen and oxygen atoms in total. The van der Waals surface area contributed by atoms with Crippen molar-refractivity contribution in [3.8, 4) is 0 Å². The van der Waals surface area contributed by atoms with Crippen molar-refractivity contribution in [3.05, 3.63) is 46.4 Å². The summed E-state index contributed by atoms with van der Waals surface area (Å²) in [6, 6.07) is 8.30. The van der Waals surface area contributed by atoms with Crippen LogP contribution in [0.25, 0.3) is 0 Å². The van der Waals surface area contributed by atoms with Crippen LogP contribution in [0.4, 0.5) is 5.69 Å². The van der Waals surface area contributed by atoms with Gasteiger partial charge in [0.1, 0.15) is 0 Å². The first-order valence-corrected chi connectivity index (χ1v) is 6.64. The molecule has 4 heteroatoms. The van der Waals surface area contributed by atoms with Crippen molar-refractivity contribution in [2.24, 2.45) is 5.73 Å². The molecule has 0 saturated heterocycles. The van der Waals surface area contributed by atoms with Crippen LogP contribution in [0.3, 0.4) is 0 Å². The van der Waals surface area contributed by atoms with Crippen LogP contribution in [0.1, 0.15) is 17.5 Å². The van der Waals surface area contributed by atoms with Gasteiger partial charge in [0.25, 0.3) is 0 Å². The molecular formula is C13H17N3S. The van der Waals surface area contributed by atoms with E-state index in [2.05, 4.69) is 40.4 Å². The number of rotatable bonds is 5. The van der Waals surface area contributed by atoms with Gasteiger partial charge in [-0.05, 0) is 30.5 Å². The summed E-state index contributed by atoms with van der Waals surface area (Å²) in [5, 5.41) is 2.11. The van der Waals surface area contributed by atoms with E-state index >= 15 is 0 Å². The Kier molecular flexibility index (Phi) is 4.12. The fourth-order valence-corrected chi connectivity index (χ4v) is 2.55. The van der Waals surface area contributed by atoms with Crippen LogP contribution in [0.5, 0.6) is 0 Å². The molecule has 17 heavy (non-hydrogen) atoms. The molecule has 0 amide bonds. The van der Waals surface area contributed by atoms with Crippen molar-refractivity contribution in [2.75, 3.05) is 11.4 Å². The number of thiophene rings is 1. The molecule has 0 aromatic carbocycles. The van der Waals surface area contributed by atoms with Crippen molar-refractivity contribution in [1.82, 2.24) is 4.98 Å². The topological polar surface area (TPSA) is 42.2 Å². The largest absolute Gasteiger partial charge is 0.365 e. The molecule has 0 radical (unpaired) electrons. The summed E-state index contributed by atoms with van der Waals surface area (Å²) in [4.78, 5) is 8.00. The maximum Gasteiger partial charge on any atom is 0.0772 e. The highest BCUT2D eigenvalue weighted by Gasteiger charge is 2.10. The Morgan fingerprint density at radius 2 is 2.24 bits per heavy atom. The normalized spacial score (nSPS) is 10.5. The van der Waals surface area contributed by atoms with E-state index in [0.717, 1.165) is 24.5 Å². The van der Waals surface area contributed by atoms with Gasteiger partial charge in [-0.2, -0.15) is 0 Å². The SMILES string of the molecule is CCN(Cc1cccs1)c1cccnc1CN. The van der Waals surface area contributed by atoms with Crippen LogP contribution < -0.4 is 10.6 Å². The van der Waals surface area contributed by atoms with Gasteiger partial charge < -0.3 is 10.6 Å². The monoisotopic (exact) mass is 247 g/mol. The summed E-state index contributed by atoms with van der Waals surface area (Å²) >= 11 is 1.78. The first-order chi connectivity index (χ1) is 8.35. The van der Waals surface area contributed by atoms with Gasteiger partial charge in [-0.25, -0.2) is 0 Å². The van der Waals surface area contributed by atoms with Crippen LogP contribution in [-0.2, 0) is 13.1 Å². The van der Waals surface area contributed by atoms with E-state index in [9.17, 15) is 0 Å². The average molecular weight is 247 g/mol. The van der Waals surface area contributed by atoms with Gasteiger partial charge in [0, 0.05) is 24.2 Å². The zero-order chi connectivity index (χ0) is 12.1. The third kappa shape index (κ3) is 2.84. The number of anilines is 1. The van der Waals surface area contributed by atoms with Gasteiger partial charge in [0.15, 0.2) is 0 Å². The lowest BCUT2D eigenvalue weighted by molar-refractivity contribution is 0.821. The number of pyridine rings is 1. The Hall–Kier alpha value is -1.39. The minimum absolute atomic E-state index is 0.483. The second-order valence-corrected chi connectivity index (χ2v) is 4.80. The number of nitrogens with two attached hydrogens (primary N) is 1. The Morgan fingerprint density at radius 3 is 2.88 bits per heavy atom. The molecular weight excluding hydrogens is 230 g/mol. The highest BCUT2D eigenvalue weighted by atomic mass is 32.1. The third-order valence-electron chi connectivity index (χ3n) is 2.71. The molecule has 0 unspecified atom stereocenters. The maximum atomic E-state index is 5.73. The van der Waals surface area contributed by atoms with Crippen molar-refractivity contribution in [3.63, 3.8) is 0 Å². The summed E-state index contributed by atoms with van der Waals surface area (Å²) < 4.78 is 0. The Labute approximate surface area is 106 Å². The summed E-state index contributed by atoms with van der Waals surface area (Å²) in [6.07, 6.45) is 1.80. The first-order valence-electron chi connectivity index (χ1n) is 5.76. The molecule has 2 aromatic rings. The highest BCUT2D eigenvalue weighted by Crippen LogP contribution is 2.21. The van der Waals surface area contributed by atoms with Crippen LogP contribution in [0.15, 0.2) is 35.8 Å². The summed E-state index contributed by atoms with van der Waals surface area (Å²) in [5.41, 5.74) is 7.84. The summed E-state index contributed by atoms with van der Waals surface area (Å²) in [6.45, 7) is 4.52.